The number of benzene rings is 1. The van der Waals surface area contributed by atoms with Gasteiger partial charge >= 0.3 is 0 Å². The van der Waals surface area contributed by atoms with E-state index >= 15 is 0 Å². The van der Waals surface area contributed by atoms with Crippen LogP contribution in [0, 0.1) is 11.3 Å². The molecule has 0 radical (unpaired) electrons. The van der Waals surface area contributed by atoms with Crippen LogP contribution in [0.15, 0.2) is 42.7 Å². The minimum absolute atomic E-state index is 0.137. The summed E-state index contributed by atoms with van der Waals surface area (Å²) < 4.78 is 5.78. The lowest BCUT2D eigenvalue weighted by atomic mass is 10.00. The Labute approximate surface area is 199 Å². The van der Waals surface area contributed by atoms with Gasteiger partial charge in [-0.15, -0.1) is 11.3 Å². The van der Waals surface area contributed by atoms with Crippen molar-refractivity contribution in [2.75, 3.05) is 11.5 Å². The third kappa shape index (κ3) is 4.03. The van der Waals surface area contributed by atoms with Crippen molar-refractivity contribution >= 4 is 39.1 Å². The number of fused-ring (bicyclic) bond motifs is 3. The molecule has 0 aliphatic carbocycles. The fraction of sp³-hybridized carbons (Fsp3) is 0.208. The highest BCUT2D eigenvalue weighted by molar-refractivity contribution is 7.15. The summed E-state index contributed by atoms with van der Waals surface area (Å²) in [6, 6.07) is 10.9. The summed E-state index contributed by atoms with van der Waals surface area (Å²) >= 11 is 1.33. The molecular weight excluding hydrogens is 450 g/mol. The first-order valence-electron chi connectivity index (χ1n) is 10.6. The number of nitriles is 1. The smallest absolute Gasteiger partial charge is 0.254 e. The molecule has 34 heavy (non-hydrogen) atoms. The van der Waals surface area contributed by atoms with Crippen molar-refractivity contribution in [3.63, 3.8) is 0 Å². The maximum Gasteiger partial charge on any atom is 0.254 e. The molecule has 5 rings (SSSR count). The minimum atomic E-state index is -0.169. The SMILES string of the molecule is CC1OCc2c1c(N)nc1ccc(C(=O)N(Cc3ccc(C#N)cn3)Cc3cnc(N)s3)cc21. The molecule has 4 aromatic rings. The summed E-state index contributed by atoms with van der Waals surface area (Å²) in [5, 5.41) is 10.3. The second-order valence-electron chi connectivity index (χ2n) is 8.05. The molecule has 0 saturated heterocycles. The van der Waals surface area contributed by atoms with Crippen molar-refractivity contribution in [1.29, 1.82) is 5.26 Å². The van der Waals surface area contributed by atoms with E-state index in [1.807, 2.05) is 19.1 Å². The number of carbonyl (C=O) groups is 1. The highest BCUT2D eigenvalue weighted by Gasteiger charge is 2.26. The third-order valence-corrected chi connectivity index (χ3v) is 6.62. The first-order chi connectivity index (χ1) is 16.4. The van der Waals surface area contributed by atoms with E-state index < -0.39 is 0 Å². The summed E-state index contributed by atoms with van der Waals surface area (Å²) in [5.74, 6) is 0.292. The molecule has 170 valence electrons. The van der Waals surface area contributed by atoms with Crippen LogP contribution in [0.4, 0.5) is 10.9 Å². The number of amides is 1. The normalized spacial score (nSPS) is 14.6. The molecule has 4 N–H and O–H groups in total. The Kier molecular flexibility index (Phi) is 5.57. The fourth-order valence-corrected chi connectivity index (χ4v) is 4.84. The Hall–Kier alpha value is -4.07. The van der Waals surface area contributed by atoms with Crippen LogP contribution in [0.2, 0.25) is 0 Å². The van der Waals surface area contributed by atoms with Crippen LogP contribution >= 0.6 is 11.3 Å². The van der Waals surface area contributed by atoms with Gasteiger partial charge in [0.2, 0.25) is 0 Å². The standard InChI is InChI=1S/C24H21N7O2S/c1-13-21-19(12-33-13)18-6-15(3-5-20(18)30-22(21)26)23(32)31(11-17-9-29-24(27)34-17)10-16-4-2-14(7-25)8-28-16/h2-6,8-9,13H,10-12H2,1H3,(H2,26,30)(H2,27,29). The number of hydrogen-bond acceptors (Lipinski definition) is 9. The molecule has 9 nitrogen and oxygen atoms in total. The molecule has 0 bridgehead atoms. The van der Waals surface area contributed by atoms with Crippen molar-refractivity contribution in [1.82, 2.24) is 19.9 Å². The highest BCUT2D eigenvalue weighted by Crippen LogP contribution is 2.38. The lowest BCUT2D eigenvalue weighted by Crippen LogP contribution is -2.30. The first-order valence-corrected chi connectivity index (χ1v) is 11.4. The Balaban J connectivity index is 1.51. The van der Waals surface area contributed by atoms with Gasteiger partial charge in [-0.25, -0.2) is 9.97 Å². The first kappa shape index (κ1) is 21.8. The lowest BCUT2D eigenvalue weighted by Gasteiger charge is -2.22. The summed E-state index contributed by atoms with van der Waals surface area (Å²) in [6.45, 7) is 2.96. The molecule has 0 saturated carbocycles. The molecule has 1 aliphatic rings. The van der Waals surface area contributed by atoms with Crippen molar-refractivity contribution in [2.24, 2.45) is 0 Å². The van der Waals surface area contributed by atoms with Crippen LogP contribution in [-0.2, 0) is 24.4 Å². The molecule has 1 atom stereocenters. The van der Waals surface area contributed by atoms with Gasteiger partial charge in [0.05, 0.1) is 42.6 Å². The van der Waals surface area contributed by atoms with Crippen molar-refractivity contribution in [2.45, 2.75) is 32.7 Å². The monoisotopic (exact) mass is 471 g/mol. The highest BCUT2D eigenvalue weighted by atomic mass is 32.1. The predicted molar refractivity (Wildman–Crippen MR) is 128 cm³/mol. The largest absolute Gasteiger partial charge is 0.383 e. The van der Waals surface area contributed by atoms with Crippen LogP contribution in [0.1, 0.15) is 50.6 Å². The molecule has 1 aromatic carbocycles. The van der Waals surface area contributed by atoms with E-state index in [1.165, 1.54) is 17.5 Å². The Morgan fingerprint density at radius 3 is 2.79 bits per heavy atom. The average molecular weight is 472 g/mol. The molecule has 10 heteroatoms. The van der Waals surface area contributed by atoms with E-state index in [2.05, 4.69) is 21.0 Å². The molecule has 0 spiro atoms. The minimum Gasteiger partial charge on any atom is -0.383 e. The zero-order chi connectivity index (χ0) is 23.8. The van der Waals surface area contributed by atoms with Gasteiger partial charge in [-0.3, -0.25) is 9.78 Å². The van der Waals surface area contributed by atoms with Gasteiger partial charge in [0, 0.05) is 33.8 Å². The van der Waals surface area contributed by atoms with E-state index in [-0.39, 0.29) is 18.6 Å². The number of anilines is 2. The number of thiazole rings is 1. The summed E-state index contributed by atoms with van der Waals surface area (Å²) in [6.07, 6.45) is 3.03. The molecule has 0 fully saturated rings. The maximum absolute atomic E-state index is 13.7. The van der Waals surface area contributed by atoms with Crippen LogP contribution in [-0.4, -0.2) is 25.8 Å². The number of hydrogen-bond donors (Lipinski definition) is 2. The second kappa shape index (κ2) is 8.70. The zero-order valence-electron chi connectivity index (χ0n) is 18.4. The Morgan fingerprint density at radius 1 is 1.24 bits per heavy atom. The molecule has 3 aromatic heterocycles. The van der Waals surface area contributed by atoms with Crippen LogP contribution in [0.5, 0.6) is 0 Å². The predicted octanol–water partition coefficient (Wildman–Crippen LogP) is 3.56. The number of nitrogens with two attached hydrogens (primary N) is 2. The number of nitrogen functional groups attached to an aromatic ring is 2. The van der Waals surface area contributed by atoms with E-state index in [1.54, 1.807) is 29.3 Å². The number of ether oxygens (including phenoxy) is 1. The second-order valence-corrected chi connectivity index (χ2v) is 9.20. The van der Waals surface area contributed by atoms with Crippen LogP contribution in [0.25, 0.3) is 10.9 Å². The molecule has 1 amide bonds. The fourth-order valence-electron chi connectivity index (χ4n) is 4.14. The van der Waals surface area contributed by atoms with Crippen molar-refractivity contribution in [3.8, 4) is 6.07 Å². The summed E-state index contributed by atoms with van der Waals surface area (Å²) in [5.41, 5.74) is 16.2. The van der Waals surface area contributed by atoms with E-state index in [0.717, 1.165) is 26.9 Å². The van der Waals surface area contributed by atoms with Crippen LogP contribution < -0.4 is 11.5 Å². The van der Waals surface area contributed by atoms with Gasteiger partial charge in [0.1, 0.15) is 11.9 Å². The van der Waals surface area contributed by atoms with Gasteiger partial charge in [0.25, 0.3) is 5.91 Å². The average Bonchev–Trinajstić information content (AvgIpc) is 3.44. The van der Waals surface area contributed by atoms with Gasteiger partial charge in [-0.05, 0) is 42.8 Å². The Morgan fingerprint density at radius 2 is 2.09 bits per heavy atom. The number of aromatic nitrogens is 3. The third-order valence-electron chi connectivity index (χ3n) is 5.81. The lowest BCUT2D eigenvalue weighted by molar-refractivity contribution is 0.0729. The Bertz CT molecular complexity index is 1440. The maximum atomic E-state index is 13.7. The van der Waals surface area contributed by atoms with Gasteiger partial charge in [0.15, 0.2) is 5.13 Å². The van der Waals surface area contributed by atoms with E-state index in [0.29, 0.717) is 40.9 Å². The van der Waals surface area contributed by atoms with E-state index in [9.17, 15) is 4.79 Å². The van der Waals surface area contributed by atoms with Crippen molar-refractivity contribution < 1.29 is 9.53 Å². The number of nitrogens with zero attached hydrogens (tertiary/aromatic N) is 5. The van der Waals surface area contributed by atoms with E-state index in [4.69, 9.17) is 21.5 Å². The number of pyridine rings is 2. The van der Waals surface area contributed by atoms with Gasteiger partial charge in [-0.2, -0.15) is 5.26 Å². The quantitative estimate of drug-likeness (QED) is 0.449. The molecular formula is C24H21N7O2S. The van der Waals surface area contributed by atoms with Crippen LogP contribution in [0.3, 0.4) is 0 Å². The van der Waals surface area contributed by atoms with Crippen molar-refractivity contribution in [3.05, 3.63) is 75.6 Å². The summed E-state index contributed by atoms with van der Waals surface area (Å²) in [7, 11) is 0. The zero-order valence-corrected chi connectivity index (χ0v) is 19.2. The molecule has 1 aliphatic heterocycles. The topological polar surface area (TPSA) is 144 Å². The summed E-state index contributed by atoms with van der Waals surface area (Å²) in [4.78, 5) is 29.2. The van der Waals surface area contributed by atoms with Gasteiger partial charge in [-0.1, -0.05) is 0 Å². The van der Waals surface area contributed by atoms with Gasteiger partial charge < -0.3 is 21.1 Å². The number of carbonyl (C=O) groups excluding carboxylic acids is 1. The molecule has 4 heterocycles. The number of rotatable bonds is 5. The molecule has 1 unspecified atom stereocenters.